The third-order valence-corrected chi connectivity index (χ3v) is 1.95. The highest BCUT2D eigenvalue weighted by atomic mass is 16.4. The van der Waals surface area contributed by atoms with E-state index in [4.69, 9.17) is 22.0 Å². The summed E-state index contributed by atoms with van der Waals surface area (Å²) in [5.74, 6) is -1.05. The average Bonchev–Trinajstić information content (AvgIpc) is 2.15. The Morgan fingerprint density at radius 2 is 2.27 bits per heavy atom. The molecule has 6 N–H and O–H groups in total. The number of rotatable bonds is 7. The molecule has 0 heterocycles. The van der Waals surface area contributed by atoms with Crippen LogP contribution < -0.4 is 11.5 Å². The van der Waals surface area contributed by atoms with Crippen LogP contribution in [0.15, 0.2) is 12.7 Å². The quantitative estimate of drug-likeness (QED) is 0.260. The topological polar surface area (TPSA) is 116 Å². The van der Waals surface area contributed by atoms with Crippen LogP contribution in [0.2, 0.25) is 0 Å². The van der Waals surface area contributed by atoms with Crippen molar-refractivity contribution < 1.29 is 9.90 Å². The van der Waals surface area contributed by atoms with Gasteiger partial charge in [-0.3, -0.25) is 10.2 Å². The fraction of sp³-hybridized carbons (Fsp3) is 0.556. The first-order valence-corrected chi connectivity index (χ1v) is 4.67. The van der Waals surface area contributed by atoms with Crippen molar-refractivity contribution in [3.8, 4) is 0 Å². The first-order chi connectivity index (χ1) is 6.99. The number of nitrogens with zero attached hydrogens (tertiary/aromatic N) is 1. The van der Waals surface area contributed by atoms with Crippen LogP contribution in [0.3, 0.4) is 0 Å². The van der Waals surface area contributed by atoms with Gasteiger partial charge in [-0.25, -0.2) is 0 Å². The molecule has 0 fully saturated rings. The summed E-state index contributed by atoms with van der Waals surface area (Å²) in [5.41, 5.74) is 10.6. The summed E-state index contributed by atoms with van der Waals surface area (Å²) in [6.45, 7) is 4.54. The van der Waals surface area contributed by atoms with Crippen molar-refractivity contribution in [1.82, 2.24) is 4.90 Å². The second kappa shape index (κ2) is 6.83. The van der Waals surface area contributed by atoms with Crippen molar-refractivity contribution in [2.45, 2.75) is 18.9 Å². The number of carboxylic acid groups (broad SMARTS) is 1. The Hall–Kier alpha value is -1.56. The largest absolute Gasteiger partial charge is 0.480 e. The highest BCUT2D eigenvalue weighted by Gasteiger charge is 2.11. The molecule has 0 amide bonds. The molecule has 0 aromatic rings. The van der Waals surface area contributed by atoms with E-state index in [1.54, 1.807) is 11.0 Å². The molecule has 0 rings (SSSR count). The number of carboxylic acids is 1. The van der Waals surface area contributed by atoms with Crippen LogP contribution in [-0.4, -0.2) is 41.1 Å². The minimum Gasteiger partial charge on any atom is -0.480 e. The van der Waals surface area contributed by atoms with Gasteiger partial charge in [0.15, 0.2) is 5.96 Å². The zero-order chi connectivity index (χ0) is 11.8. The Morgan fingerprint density at radius 3 is 2.67 bits per heavy atom. The number of hydrogen-bond donors (Lipinski definition) is 4. The molecule has 0 aromatic carbocycles. The third kappa shape index (κ3) is 5.69. The van der Waals surface area contributed by atoms with E-state index in [9.17, 15) is 4.79 Å². The predicted molar refractivity (Wildman–Crippen MR) is 58.5 cm³/mol. The van der Waals surface area contributed by atoms with Crippen LogP contribution in [0.5, 0.6) is 0 Å². The minimum absolute atomic E-state index is 0.0428. The zero-order valence-corrected chi connectivity index (χ0v) is 8.65. The van der Waals surface area contributed by atoms with Crippen molar-refractivity contribution in [3.63, 3.8) is 0 Å². The van der Waals surface area contributed by atoms with E-state index in [0.29, 0.717) is 25.9 Å². The molecule has 0 spiro atoms. The standard InChI is InChI=1S/C9H18N4O2/c1-2-5-13(9(11)12)6-3-4-7(10)8(14)15/h2,7H,1,3-6,10H2,(H3,11,12)(H,14,15). The summed E-state index contributed by atoms with van der Waals surface area (Å²) >= 11 is 0. The van der Waals surface area contributed by atoms with Crippen LogP contribution in [0.4, 0.5) is 0 Å². The third-order valence-electron chi connectivity index (χ3n) is 1.95. The first-order valence-electron chi connectivity index (χ1n) is 4.67. The van der Waals surface area contributed by atoms with E-state index in [-0.39, 0.29) is 5.96 Å². The Labute approximate surface area is 89.0 Å². The van der Waals surface area contributed by atoms with Crippen molar-refractivity contribution in [2.24, 2.45) is 11.5 Å². The lowest BCUT2D eigenvalue weighted by Crippen LogP contribution is -2.38. The number of carbonyl (C=O) groups is 1. The van der Waals surface area contributed by atoms with Crippen LogP contribution in [0.25, 0.3) is 0 Å². The number of guanidine groups is 1. The lowest BCUT2D eigenvalue weighted by Gasteiger charge is -2.20. The van der Waals surface area contributed by atoms with Gasteiger partial charge in [0.05, 0.1) is 0 Å². The van der Waals surface area contributed by atoms with Gasteiger partial charge in [-0.15, -0.1) is 6.58 Å². The molecule has 0 aliphatic rings. The van der Waals surface area contributed by atoms with Gasteiger partial charge in [-0.2, -0.15) is 0 Å². The number of hydrogen-bond acceptors (Lipinski definition) is 3. The fourth-order valence-electron chi connectivity index (χ4n) is 1.09. The Balaban J connectivity index is 3.85. The van der Waals surface area contributed by atoms with Gasteiger partial charge in [-0.05, 0) is 12.8 Å². The Bertz CT molecular complexity index is 242. The molecule has 0 radical (unpaired) electrons. The summed E-state index contributed by atoms with van der Waals surface area (Å²) in [5, 5.41) is 15.8. The molecular weight excluding hydrogens is 196 g/mol. The van der Waals surface area contributed by atoms with E-state index in [2.05, 4.69) is 6.58 Å². The molecule has 15 heavy (non-hydrogen) atoms. The van der Waals surface area contributed by atoms with Crippen LogP contribution in [0.1, 0.15) is 12.8 Å². The first kappa shape index (κ1) is 13.4. The van der Waals surface area contributed by atoms with Crippen molar-refractivity contribution in [1.29, 1.82) is 5.41 Å². The molecule has 1 atom stereocenters. The van der Waals surface area contributed by atoms with E-state index >= 15 is 0 Å². The maximum absolute atomic E-state index is 10.4. The van der Waals surface area contributed by atoms with Crippen molar-refractivity contribution in [2.75, 3.05) is 13.1 Å². The summed E-state index contributed by atoms with van der Waals surface area (Å²) in [7, 11) is 0. The van der Waals surface area contributed by atoms with Crippen LogP contribution in [0, 0.1) is 5.41 Å². The zero-order valence-electron chi connectivity index (χ0n) is 8.65. The molecular formula is C9H18N4O2. The van der Waals surface area contributed by atoms with Gasteiger partial charge in [-0.1, -0.05) is 6.08 Å². The second-order valence-corrected chi connectivity index (χ2v) is 3.21. The molecule has 1 unspecified atom stereocenters. The average molecular weight is 214 g/mol. The Morgan fingerprint density at radius 1 is 1.67 bits per heavy atom. The highest BCUT2D eigenvalue weighted by Crippen LogP contribution is 1.98. The molecule has 0 saturated heterocycles. The predicted octanol–water partition coefficient (Wildman–Crippen LogP) is -0.440. The second-order valence-electron chi connectivity index (χ2n) is 3.21. The molecule has 0 aliphatic carbocycles. The van der Waals surface area contributed by atoms with E-state index in [0.717, 1.165) is 0 Å². The smallest absolute Gasteiger partial charge is 0.320 e. The summed E-state index contributed by atoms with van der Waals surface area (Å²) in [4.78, 5) is 12.0. The normalized spacial score (nSPS) is 11.8. The maximum atomic E-state index is 10.4. The van der Waals surface area contributed by atoms with Gasteiger partial charge in [0.1, 0.15) is 6.04 Å². The van der Waals surface area contributed by atoms with Gasteiger partial charge in [0.2, 0.25) is 0 Å². The monoisotopic (exact) mass is 214 g/mol. The molecule has 0 aliphatic heterocycles. The van der Waals surface area contributed by atoms with Gasteiger partial charge >= 0.3 is 5.97 Å². The van der Waals surface area contributed by atoms with Gasteiger partial charge in [0, 0.05) is 13.1 Å². The van der Waals surface area contributed by atoms with Crippen molar-refractivity contribution in [3.05, 3.63) is 12.7 Å². The molecule has 6 nitrogen and oxygen atoms in total. The van der Waals surface area contributed by atoms with Gasteiger partial charge < -0.3 is 21.5 Å². The van der Waals surface area contributed by atoms with E-state index in [1.165, 1.54) is 0 Å². The van der Waals surface area contributed by atoms with Crippen LogP contribution in [-0.2, 0) is 4.79 Å². The number of aliphatic carboxylic acids is 1. The number of nitrogens with two attached hydrogens (primary N) is 2. The van der Waals surface area contributed by atoms with E-state index in [1.807, 2.05) is 0 Å². The Kier molecular flexibility index (Phi) is 6.12. The minimum atomic E-state index is -1.01. The summed E-state index contributed by atoms with van der Waals surface area (Å²) < 4.78 is 0. The lowest BCUT2D eigenvalue weighted by molar-refractivity contribution is -0.138. The summed E-state index contributed by atoms with van der Waals surface area (Å²) in [6, 6.07) is -0.845. The van der Waals surface area contributed by atoms with Gasteiger partial charge in [0.25, 0.3) is 0 Å². The maximum Gasteiger partial charge on any atom is 0.320 e. The lowest BCUT2D eigenvalue weighted by atomic mass is 10.1. The molecule has 6 heteroatoms. The van der Waals surface area contributed by atoms with Crippen molar-refractivity contribution >= 4 is 11.9 Å². The fourth-order valence-corrected chi connectivity index (χ4v) is 1.09. The molecule has 0 aromatic heterocycles. The molecule has 0 saturated carbocycles. The van der Waals surface area contributed by atoms with E-state index < -0.39 is 12.0 Å². The highest BCUT2D eigenvalue weighted by molar-refractivity contribution is 5.74. The SMILES string of the molecule is C=CCN(CCCC(N)C(=O)O)C(=N)N. The van der Waals surface area contributed by atoms with Crippen LogP contribution >= 0.6 is 0 Å². The number of nitrogens with one attached hydrogen (secondary N) is 1. The summed E-state index contributed by atoms with van der Waals surface area (Å²) in [6.07, 6.45) is 2.59. The molecule has 86 valence electrons. The molecule has 0 bridgehead atoms.